The minimum absolute atomic E-state index is 0.0796. The van der Waals surface area contributed by atoms with E-state index in [1.807, 2.05) is 54.6 Å². The molecule has 0 spiro atoms. The topological polar surface area (TPSA) is 44.7 Å². The molecule has 140 valence electrons. The van der Waals surface area contributed by atoms with Crippen LogP contribution in [-0.2, 0) is 4.79 Å². The fourth-order valence-electron chi connectivity index (χ4n) is 3.40. The smallest absolute Gasteiger partial charge is 0.221 e. The Morgan fingerprint density at radius 1 is 1.00 bits per heavy atom. The molecule has 1 aliphatic heterocycles. The highest BCUT2D eigenvalue weighted by molar-refractivity contribution is 6.30. The quantitative estimate of drug-likeness (QED) is 0.626. The van der Waals surface area contributed by atoms with Crippen LogP contribution >= 0.6 is 11.6 Å². The average molecular weight is 390 g/mol. The van der Waals surface area contributed by atoms with Crippen molar-refractivity contribution < 1.29 is 4.79 Å². The largest absolute Gasteiger partial charge is 0.326 e. The highest BCUT2D eigenvalue weighted by Crippen LogP contribution is 2.37. The van der Waals surface area contributed by atoms with Gasteiger partial charge in [0, 0.05) is 24.1 Å². The molecule has 1 heterocycles. The van der Waals surface area contributed by atoms with E-state index in [9.17, 15) is 4.79 Å². The number of hydrogen-bond acceptors (Lipinski definition) is 3. The molecule has 3 aromatic carbocycles. The van der Waals surface area contributed by atoms with E-state index in [1.54, 1.807) is 0 Å². The number of carbonyl (C=O) groups is 1. The molecular formula is C23H20ClN3O. The van der Waals surface area contributed by atoms with Crippen LogP contribution in [-0.4, -0.2) is 11.6 Å². The first kappa shape index (κ1) is 18.3. The second-order valence-electron chi connectivity index (χ2n) is 6.76. The van der Waals surface area contributed by atoms with E-state index in [0.29, 0.717) is 0 Å². The third-order valence-corrected chi connectivity index (χ3v) is 4.98. The van der Waals surface area contributed by atoms with Gasteiger partial charge in [0.05, 0.1) is 17.4 Å². The van der Waals surface area contributed by atoms with Crippen molar-refractivity contribution >= 4 is 34.6 Å². The summed E-state index contributed by atoms with van der Waals surface area (Å²) >= 11 is 6.07. The van der Waals surface area contributed by atoms with E-state index in [2.05, 4.69) is 34.6 Å². The van der Waals surface area contributed by atoms with Crippen molar-refractivity contribution in [1.29, 1.82) is 0 Å². The van der Waals surface area contributed by atoms with Crippen molar-refractivity contribution in [3.8, 4) is 0 Å². The zero-order valence-corrected chi connectivity index (χ0v) is 16.2. The molecule has 3 aromatic rings. The molecule has 28 heavy (non-hydrogen) atoms. The molecular weight excluding hydrogens is 370 g/mol. The molecule has 4 rings (SSSR count). The first-order valence-electron chi connectivity index (χ1n) is 9.15. The molecule has 0 saturated heterocycles. The third kappa shape index (κ3) is 3.92. The number of benzene rings is 3. The van der Waals surface area contributed by atoms with Crippen LogP contribution < -0.4 is 10.3 Å². The summed E-state index contributed by atoms with van der Waals surface area (Å²) in [5.41, 5.74) is 5.06. The number of nitrogens with zero attached hydrogens (tertiary/aromatic N) is 2. The number of nitrogens with one attached hydrogen (secondary N) is 1. The monoisotopic (exact) mass is 389 g/mol. The van der Waals surface area contributed by atoms with Crippen LogP contribution in [0.3, 0.4) is 0 Å². The number of halogens is 1. The molecule has 0 radical (unpaired) electrons. The lowest BCUT2D eigenvalue weighted by Gasteiger charge is -2.24. The number of hydrazone groups is 1. The van der Waals surface area contributed by atoms with Crippen LogP contribution in [0.1, 0.15) is 30.5 Å². The predicted molar refractivity (Wildman–Crippen MR) is 115 cm³/mol. The Morgan fingerprint density at radius 3 is 2.32 bits per heavy atom. The average Bonchev–Trinajstić information content (AvgIpc) is 3.15. The van der Waals surface area contributed by atoms with Crippen LogP contribution in [0.4, 0.5) is 11.4 Å². The summed E-state index contributed by atoms with van der Waals surface area (Å²) in [4.78, 5) is 11.2. The van der Waals surface area contributed by atoms with Crippen molar-refractivity contribution in [2.45, 2.75) is 19.4 Å². The normalized spacial score (nSPS) is 16.0. The highest BCUT2D eigenvalue weighted by Gasteiger charge is 2.29. The maximum Gasteiger partial charge on any atom is 0.221 e. The van der Waals surface area contributed by atoms with Crippen molar-refractivity contribution in [1.82, 2.24) is 0 Å². The fraction of sp³-hybridized carbons (Fsp3) is 0.130. The van der Waals surface area contributed by atoms with Gasteiger partial charge in [0.2, 0.25) is 5.91 Å². The lowest BCUT2D eigenvalue weighted by Crippen LogP contribution is -2.18. The van der Waals surface area contributed by atoms with Crippen molar-refractivity contribution in [2.24, 2.45) is 5.10 Å². The minimum atomic E-state index is -0.0796. The van der Waals surface area contributed by atoms with E-state index in [0.717, 1.165) is 34.1 Å². The summed E-state index contributed by atoms with van der Waals surface area (Å²) in [6.45, 7) is 1.50. The number of hydrogen-bond donors (Lipinski definition) is 1. The molecule has 0 fully saturated rings. The zero-order chi connectivity index (χ0) is 19.5. The van der Waals surface area contributed by atoms with Gasteiger partial charge in [0.15, 0.2) is 0 Å². The van der Waals surface area contributed by atoms with Crippen LogP contribution in [0.2, 0.25) is 5.02 Å². The SMILES string of the molecule is CC(=O)Nc1ccc(C2=NN(c3ccccc3)C(c3ccc(Cl)cc3)C2)cc1. The molecule has 1 N–H and O–H groups in total. The maximum atomic E-state index is 11.2. The van der Waals surface area contributed by atoms with Crippen LogP contribution in [0.25, 0.3) is 0 Å². The summed E-state index contributed by atoms with van der Waals surface area (Å²) in [5, 5.41) is 10.5. The minimum Gasteiger partial charge on any atom is -0.326 e. The van der Waals surface area contributed by atoms with Gasteiger partial charge in [-0.3, -0.25) is 9.80 Å². The summed E-state index contributed by atoms with van der Waals surface area (Å²) in [6.07, 6.45) is 0.788. The van der Waals surface area contributed by atoms with Gasteiger partial charge < -0.3 is 5.32 Å². The van der Waals surface area contributed by atoms with E-state index < -0.39 is 0 Å². The molecule has 1 aliphatic rings. The van der Waals surface area contributed by atoms with Gasteiger partial charge in [0.25, 0.3) is 0 Å². The predicted octanol–water partition coefficient (Wildman–Crippen LogP) is 5.65. The molecule has 1 atom stereocenters. The van der Waals surface area contributed by atoms with Crippen molar-refractivity contribution in [3.05, 3.63) is 95.0 Å². The maximum absolute atomic E-state index is 11.2. The van der Waals surface area contributed by atoms with Gasteiger partial charge in [-0.2, -0.15) is 5.10 Å². The summed E-state index contributed by atoms with van der Waals surface area (Å²) in [7, 11) is 0. The Kier molecular flexibility index (Phi) is 5.13. The zero-order valence-electron chi connectivity index (χ0n) is 15.5. The molecule has 0 saturated carbocycles. The molecule has 5 heteroatoms. The van der Waals surface area contributed by atoms with Crippen LogP contribution in [0.15, 0.2) is 84.0 Å². The fourth-order valence-corrected chi connectivity index (χ4v) is 3.52. The van der Waals surface area contributed by atoms with Crippen LogP contribution in [0.5, 0.6) is 0 Å². The van der Waals surface area contributed by atoms with Crippen molar-refractivity contribution in [2.75, 3.05) is 10.3 Å². The van der Waals surface area contributed by atoms with Gasteiger partial charge in [-0.1, -0.05) is 54.1 Å². The molecule has 1 amide bonds. The van der Waals surface area contributed by atoms with Gasteiger partial charge in [0.1, 0.15) is 0 Å². The molecule has 1 unspecified atom stereocenters. The summed E-state index contributed by atoms with van der Waals surface area (Å²) < 4.78 is 0. The first-order valence-corrected chi connectivity index (χ1v) is 9.53. The molecule has 4 nitrogen and oxygen atoms in total. The Labute approximate surface area is 169 Å². The molecule has 0 bridgehead atoms. The van der Waals surface area contributed by atoms with Crippen molar-refractivity contribution in [3.63, 3.8) is 0 Å². The van der Waals surface area contributed by atoms with Gasteiger partial charge >= 0.3 is 0 Å². The van der Waals surface area contributed by atoms with E-state index in [-0.39, 0.29) is 11.9 Å². The third-order valence-electron chi connectivity index (χ3n) is 4.72. The Balaban J connectivity index is 1.67. The molecule has 0 aromatic heterocycles. The lowest BCUT2D eigenvalue weighted by atomic mass is 9.98. The highest BCUT2D eigenvalue weighted by atomic mass is 35.5. The number of para-hydroxylation sites is 1. The number of anilines is 2. The Morgan fingerprint density at radius 2 is 1.68 bits per heavy atom. The standard InChI is InChI=1S/C23H20ClN3O/c1-16(28)25-20-13-9-17(10-14-20)22-15-23(18-7-11-19(24)12-8-18)27(26-22)21-5-3-2-4-6-21/h2-14,23H,15H2,1H3,(H,25,28). The Bertz CT molecular complexity index is 998. The second-order valence-corrected chi connectivity index (χ2v) is 7.19. The first-order chi connectivity index (χ1) is 13.6. The lowest BCUT2D eigenvalue weighted by molar-refractivity contribution is -0.114. The van der Waals surface area contributed by atoms with Gasteiger partial charge in [-0.05, 0) is 47.5 Å². The molecule has 0 aliphatic carbocycles. The van der Waals surface area contributed by atoms with Crippen LogP contribution in [0, 0.1) is 0 Å². The van der Waals surface area contributed by atoms with E-state index in [4.69, 9.17) is 16.7 Å². The number of rotatable bonds is 4. The van der Waals surface area contributed by atoms with Gasteiger partial charge in [-0.25, -0.2) is 0 Å². The second kappa shape index (κ2) is 7.87. The summed E-state index contributed by atoms with van der Waals surface area (Å²) in [6, 6.07) is 26.0. The van der Waals surface area contributed by atoms with E-state index in [1.165, 1.54) is 12.5 Å². The Hall–Kier alpha value is -3.11. The number of carbonyl (C=O) groups excluding carboxylic acids is 1. The van der Waals surface area contributed by atoms with Gasteiger partial charge in [-0.15, -0.1) is 0 Å². The number of amides is 1. The summed E-state index contributed by atoms with van der Waals surface area (Å²) in [5.74, 6) is -0.0796. The van der Waals surface area contributed by atoms with E-state index >= 15 is 0 Å².